The first-order valence-electron chi connectivity index (χ1n) is 9.24. The maximum Gasteiger partial charge on any atom is 0.226 e. The van der Waals surface area contributed by atoms with Crippen molar-refractivity contribution in [2.45, 2.75) is 26.1 Å². The van der Waals surface area contributed by atoms with Crippen LogP contribution < -0.4 is 4.74 Å². The lowest BCUT2D eigenvalue weighted by Gasteiger charge is -2.11. The Labute approximate surface area is 158 Å². The molecule has 1 aromatic heterocycles. The molecular weight excluding hydrogens is 342 g/mol. The maximum absolute atomic E-state index is 5.92. The highest BCUT2D eigenvalue weighted by Crippen LogP contribution is 2.22. The van der Waals surface area contributed by atoms with Crippen LogP contribution in [-0.2, 0) is 22.3 Å². The van der Waals surface area contributed by atoms with Crippen LogP contribution in [0.3, 0.4) is 0 Å². The van der Waals surface area contributed by atoms with Crippen molar-refractivity contribution in [2.24, 2.45) is 0 Å². The average molecular weight is 365 g/mol. The molecule has 5 heteroatoms. The minimum Gasteiger partial charge on any atom is -0.493 e. The van der Waals surface area contributed by atoms with Crippen molar-refractivity contribution in [3.8, 4) is 17.2 Å². The molecule has 0 atom stereocenters. The summed E-state index contributed by atoms with van der Waals surface area (Å²) in [6.07, 6.45) is 1.29. The molecule has 1 aliphatic heterocycles. The molecule has 2 heterocycles. The van der Waals surface area contributed by atoms with E-state index in [4.69, 9.17) is 18.6 Å². The second-order valence-electron chi connectivity index (χ2n) is 6.51. The van der Waals surface area contributed by atoms with E-state index in [-0.39, 0.29) is 6.29 Å². The minimum atomic E-state index is -0.144. The molecule has 1 saturated heterocycles. The van der Waals surface area contributed by atoms with Gasteiger partial charge in [-0.05, 0) is 36.8 Å². The van der Waals surface area contributed by atoms with E-state index < -0.39 is 0 Å². The molecular formula is C22H23NO4. The van der Waals surface area contributed by atoms with Gasteiger partial charge in [0.15, 0.2) is 6.29 Å². The zero-order chi connectivity index (χ0) is 18.5. The van der Waals surface area contributed by atoms with Crippen LogP contribution >= 0.6 is 0 Å². The molecule has 1 fully saturated rings. The summed E-state index contributed by atoms with van der Waals surface area (Å²) < 4.78 is 22.7. The van der Waals surface area contributed by atoms with E-state index >= 15 is 0 Å². The highest BCUT2D eigenvalue weighted by Gasteiger charge is 2.16. The Morgan fingerprint density at radius 3 is 2.67 bits per heavy atom. The van der Waals surface area contributed by atoms with E-state index in [1.165, 1.54) is 0 Å². The predicted octanol–water partition coefficient (Wildman–Crippen LogP) is 4.19. The second-order valence-corrected chi connectivity index (χ2v) is 6.51. The monoisotopic (exact) mass is 365 g/mol. The van der Waals surface area contributed by atoms with Gasteiger partial charge in [0.1, 0.15) is 11.5 Å². The molecule has 1 aliphatic rings. The Hall–Kier alpha value is -2.63. The molecule has 0 amide bonds. The number of nitrogens with zero attached hydrogens (tertiary/aromatic N) is 1. The fourth-order valence-corrected chi connectivity index (χ4v) is 3.11. The zero-order valence-electron chi connectivity index (χ0n) is 15.4. The Morgan fingerprint density at radius 1 is 1.04 bits per heavy atom. The highest BCUT2D eigenvalue weighted by atomic mass is 16.7. The van der Waals surface area contributed by atoms with Gasteiger partial charge in [-0.15, -0.1) is 0 Å². The Balaban J connectivity index is 1.34. The first kappa shape index (κ1) is 17.8. The van der Waals surface area contributed by atoms with Gasteiger partial charge in [0, 0.05) is 18.4 Å². The normalized spacial score (nSPS) is 14.6. The predicted molar refractivity (Wildman–Crippen MR) is 102 cm³/mol. The lowest BCUT2D eigenvalue weighted by atomic mass is 10.1. The van der Waals surface area contributed by atoms with Gasteiger partial charge in [-0.1, -0.05) is 30.3 Å². The van der Waals surface area contributed by atoms with E-state index in [0.29, 0.717) is 32.1 Å². The summed E-state index contributed by atoms with van der Waals surface area (Å²) in [7, 11) is 0. The average Bonchev–Trinajstić information content (AvgIpc) is 3.33. The Morgan fingerprint density at radius 2 is 1.85 bits per heavy atom. The number of hydrogen-bond acceptors (Lipinski definition) is 5. The third kappa shape index (κ3) is 4.56. The van der Waals surface area contributed by atoms with E-state index in [1.54, 1.807) is 0 Å². The first-order chi connectivity index (χ1) is 13.3. The number of benzene rings is 2. The number of aromatic nitrogens is 1. The quantitative estimate of drug-likeness (QED) is 0.628. The zero-order valence-corrected chi connectivity index (χ0v) is 15.4. The first-order valence-corrected chi connectivity index (χ1v) is 9.24. The van der Waals surface area contributed by atoms with Crippen molar-refractivity contribution >= 4 is 0 Å². The number of aryl methyl sites for hydroxylation is 1. The molecule has 5 nitrogen and oxygen atoms in total. The standard InChI is InChI=1S/C22H23NO4/c1-16-20(23-22(27-16)18-7-3-2-4-8-18)10-11-24-19-9-5-6-17(14-19)15-21-25-12-13-26-21/h2-9,14,21H,10-13,15H2,1H3. The summed E-state index contributed by atoms with van der Waals surface area (Å²) in [5.74, 6) is 2.33. The van der Waals surface area contributed by atoms with E-state index in [9.17, 15) is 0 Å². The third-order valence-electron chi connectivity index (χ3n) is 4.51. The number of ether oxygens (including phenoxy) is 3. The highest BCUT2D eigenvalue weighted by molar-refractivity contribution is 5.53. The van der Waals surface area contributed by atoms with Gasteiger partial charge >= 0.3 is 0 Å². The van der Waals surface area contributed by atoms with Crippen LogP contribution in [0, 0.1) is 6.92 Å². The van der Waals surface area contributed by atoms with Crippen LogP contribution in [0.4, 0.5) is 0 Å². The van der Waals surface area contributed by atoms with Gasteiger partial charge in [-0.2, -0.15) is 0 Å². The van der Waals surface area contributed by atoms with Gasteiger partial charge in [-0.3, -0.25) is 0 Å². The van der Waals surface area contributed by atoms with Crippen LogP contribution in [0.25, 0.3) is 11.5 Å². The smallest absolute Gasteiger partial charge is 0.226 e. The summed E-state index contributed by atoms with van der Waals surface area (Å²) in [6, 6.07) is 18.0. The number of hydrogen-bond donors (Lipinski definition) is 0. The summed E-state index contributed by atoms with van der Waals surface area (Å²) in [4.78, 5) is 4.62. The number of rotatable bonds is 7. The van der Waals surface area contributed by atoms with E-state index in [1.807, 2.05) is 55.5 Å². The summed E-state index contributed by atoms with van der Waals surface area (Å²) in [5.41, 5.74) is 3.05. The molecule has 0 N–H and O–H groups in total. The van der Waals surface area contributed by atoms with Crippen LogP contribution in [0.2, 0.25) is 0 Å². The fraction of sp³-hybridized carbons (Fsp3) is 0.318. The maximum atomic E-state index is 5.92. The van der Waals surface area contributed by atoms with Crippen LogP contribution in [0.5, 0.6) is 5.75 Å². The minimum absolute atomic E-state index is 0.144. The molecule has 140 valence electrons. The van der Waals surface area contributed by atoms with Crippen LogP contribution in [0.1, 0.15) is 17.0 Å². The Kier molecular flexibility index (Phi) is 5.51. The van der Waals surface area contributed by atoms with Crippen molar-refractivity contribution in [3.63, 3.8) is 0 Å². The molecule has 4 rings (SSSR count). The van der Waals surface area contributed by atoms with Crippen LogP contribution in [0.15, 0.2) is 59.0 Å². The fourth-order valence-electron chi connectivity index (χ4n) is 3.11. The molecule has 0 aliphatic carbocycles. The summed E-state index contributed by atoms with van der Waals surface area (Å²) in [5, 5.41) is 0. The van der Waals surface area contributed by atoms with Gasteiger partial charge < -0.3 is 18.6 Å². The molecule has 0 unspecified atom stereocenters. The van der Waals surface area contributed by atoms with Gasteiger partial charge in [0.2, 0.25) is 5.89 Å². The second kappa shape index (κ2) is 8.37. The largest absolute Gasteiger partial charge is 0.493 e. The lowest BCUT2D eigenvalue weighted by Crippen LogP contribution is -2.11. The molecule has 0 spiro atoms. The molecule has 27 heavy (non-hydrogen) atoms. The van der Waals surface area contributed by atoms with Crippen molar-refractivity contribution in [1.82, 2.24) is 4.98 Å². The van der Waals surface area contributed by atoms with Crippen molar-refractivity contribution in [1.29, 1.82) is 0 Å². The lowest BCUT2D eigenvalue weighted by molar-refractivity contribution is -0.0400. The molecule has 0 radical (unpaired) electrons. The van der Waals surface area contributed by atoms with E-state index in [0.717, 1.165) is 34.8 Å². The van der Waals surface area contributed by atoms with Gasteiger partial charge in [-0.25, -0.2) is 4.98 Å². The van der Waals surface area contributed by atoms with Gasteiger partial charge in [0.25, 0.3) is 0 Å². The molecule has 2 aromatic carbocycles. The molecule has 3 aromatic rings. The van der Waals surface area contributed by atoms with Crippen LogP contribution in [-0.4, -0.2) is 31.1 Å². The van der Waals surface area contributed by atoms with E-state index in [2.05, 4.69) is 11.1 Å². The SMILES string of the molecule is Cc1oc(-c2ccccc2)nc1CCOc1cccc(CC2OCCO2)c1. The molecule has 0 saturated carbocycles. The van der Waals surface area contributed by atoms with Crippen molar-refractivity contribution < 1.29 is 18.6 Å². The number of oxazole rings is 1. The molecule has 0 bridgehead atoms. The Bertz CT molecular complexity index is 869. The third-order valence-corrected chi connectivity index (χ3v) is 4.51. The van der Waals surface area contributed by atoms with Gasteiger partial charge in [0.05, 0.1) is 25.5 Å². The summed E-state index contributed by atoms with van der Waals surface area (Å²) >= 11 is 0. The summed E-state index contributed by atoms with van der Waals surface area (Å²) in [6.45, 7) is 3.82. The topological polar surface area (TPSA) is 53.7 Å². The van der Waals surface area contributed by atoms with Crippen molar-refractivity contribution in [2.75, 3.05) is 19.8 Å². The van der Waals surface area contributed by atoms with Crippen molar-refractivity contribution in [3.05, 3.63) is 71.6 Å².